The molecule has 1 atom stereocenters. The normalized spacial score (nSPS) is 22.4. The molecule has 0 unspecified atom stereocenters. The van der Waals surface area contributed by atoms with Crippen molar-refractivity contribution in [3.05, 3.63) is 47.8 Å². The molecule has 1 saturated heterocycles. The maximum absolute atomic E-state index is 13.5. The van der Waals surface area contributed by atoms with Crippen LogP contribution in [0.25, 0.3) is 0 Å². The third-order valence-electron chi connectivity index (χ3n) is 4.98. The van der Waals surface area contributed by atoms with E-state index < -0.39 is 0 Å². The summed E-state index contributed by atoms with van der Waals surface area (Å²) in [5, 5.41) is 8.59. The Morgan fingerprint density at radius 3 is 2.91 bits per heavy atom. The first-order chi connectivity index (χ1) is 11.3. The second-order valence-electron chi connectivity index (χ2n) is 6.90. The molecule has 0 N–H and O–H groups in total. The van der Waals surface area contributed by atoms with Crippen molar-refractivity contribution in [2.45, 2.75) is 51.2 Å². The molecule has 0 amide bonds. The molecule has 0 bridgehead atoms. The first-order valence-electron chi connectivity index (χ1n) is 8.66. The lowest BCUT2D eigenvalue weighted by atomic mass is 10.00. The van der Waals surface area contributed by atoms with E-state index in [0.29, 0.717) is 6.04 Å². The maximum atomic E-state index is 13.5. The van der Waals surface area contributed by atoms with Crippen molar-refractivity contribution < 1.29 is 4.39 Å². The molecule has 122 valence electrons. The molecule has 1 aromatic carbocycles. The van der Waals surface area contributed by atoms with Crippen LogP contribution in [0.5, 0.6) is 0 Å². The molecule has 1 saturated carbocycles. The van der Waals surface area contributed by atoms with E-state index in [2.05, 4.69) is 19.7 Å². The Morgan fingerprint density at radius 1 is 1.17 bits per heavy atom. The van der Waals surface area contributed by atoms with Crippen LogP contribution in [-0.2, 0) is 13.1 Å². The zero-order valence-corrected chi connectivity index (χ0v) is 13.4. The fourth-order valence-corrected chi connectivity index (χ4v) is 3.58. The summed E-state index contributed by atoms with van der Waals surface area (Å²) in [7, 11) is 0. The van der Waals surface area contributed by atoms with Crippen LogP contribution in [-0.4, -0.2) is 26.2 Å². The van der Waals surface area contributed by atoms with Gasteiger partial charge >= 0.3 is 0 Å². The molecule has 2 heterocycles. The van der Waals surface area contributed by atoms with Crippen LogP contribution in [0.4, 0.5) is 4.39 Å². The number of nitrogens with zero attached hydrogens (tertiary/aromatic N) is 4. The van der Waals surface area contributed by atoms with E-state index in [0.717, 1.165) is 43.4 Å². The summed E-state index contributed by atoms with van der Waals surface area (Å²) in [5.41, 5.74) is 1.03. The van der Waals surface area contributed by atoms with Crippen molar-refractivity contribution in [1.82, 2.24) is 19.7 Å². The van der Waals surface area contributed by atoms with Crippen LogP contribution in [0.15, 0.2) is 30.6 Å². The minimum atomic E-state index is -0.159. The van der Waals surface area contributed by atoms with Gasteiger partial charge in [-0.05, 0) is 55.8 Å². The lowest BCUT2D eigenvalue weighted by Crippen LogP contribution is -2.34. The predicted octanol–water partition coefficient (Wildman–Crippen LogP) is 3.55. The Bertz CT molecular complexity index is 665. The van der Waals surface area contributed by atoms with Gasteiger partial charge in [0.1, 0.15) is 18.0 Å². The van der Waals surface area contributed by atoms with Gasteiger partial charge in [0.25, 0.3) is 0 Å². The lowest BCUT2D eigenvalue weighted by Gasteiger charge is -2.35. The van der Waals surface area contributed by atoms with E-state index in [9.17, 15) is 4.39 Å². The first kappa shape index (κ1) is 14.8. The Balaban J connectivity index is 1.54. The first-order valence-corrected chi connectivity index (χ1v) is 8.66. The number of hydrogen-bond acceptors (Lipinski definition) is 3. The van der Waals surface area contributed by atoms with Crippen molar-refractivity contribution >= 4 is 0 Å². The van der Waals surface area contributed by atoms with Gasteiger partial charge in [-0.25, -0.2) is 4.39 Å². The summed E-state index contributed by atoms with van der Waals surface area (Å²) in [6.45, 7) is 2.86. The molecule has 4 nitrogen and oxygen atoms in total. The van der Waals surface area contributed by atoms with Gasteiger partial charge in [0, 0.05) is 13.1 Å². The van der Waals surface area contributed by atoms with Gasteiger partial charge in [0.05, 0.1) is 6.04 Å². The molecule has 0 spiro atoms. The average molecular weight is 314 g/mol. The van der Waals surface area contributed by atoms with E-state index in [1.165, 1.54) is 31.7 Å². The van der Waals surface area contributed by atoms with Crippen LogP contribution < -0.4 is 0 Å². The molecule has 2 aromatic rings. The highest BCUT2D eigenvalue weighted by Crippen LogP contribution is 2.34. The van der Waals surface area contributed by atoms with Crippen LogP contribution in [0.3, 0.4) is 0 Å². The van der Waals surface area contributed by atoms with E-state index >= 15 is 0 Å². The average Bonchev–Trinajstić information content (AvgIpc) is 3.24. The third-order valence-corrected chi connectivity index (χ3v) is 4.98. The number of benzene rings is 1. The Morgan fingerprint density at radius 2 is 2.09 bits per heavy atom. The standard InChI is InChI=1S/C18H23FN4/c19-16-5-3-4-15(10-16)12-22-9-2-1-6-17(22)18-21-20-13-23(18)11-14-7-8-14/h3-5,10,13-14,17H,1-2,6-9,11-12H2/t17-/m0/s1. The van der Waals surface area contributed by atoms with Gasteiger partial charge in [-0.2, -0.15) is 0 Å². The van der Waals surface area contributed by atoms with Gasteiger partial charge in [-0.3, -0.25) is 4.90 Å². The van der Waals surface area contributed by atoms with Gasteiger partial charge in [0.15, 0.2) is 0 Å². The number of hydrogen-bond donors (Lipinski definition) is 0. The van der Waals surface area contributed by atoms with Crippen molar-refractivity contribution in [3.63, 3.8) is 0 Å². The highest BCUT2D eigenvalue weighted by molar-refractivity contribution is 5.16. The van der Waals surface area contributed by atoms with Crippen LogP contribution >= 0.6 is 0 Å². The molecule has 1 aliphatic carbocycles. The van der Waals surface area contributed by atoms with Crippen molar-refractivity contribution in [2.75, 3.05) is 6.54 Å². The highest BCUT2D eigenvalue weighted by Gasteiger charge is 2.30. The molecule has 5 heteroatoms. The maximum Gasteiger partial charge on any atom is 0.150 e. The second kappa shape index (κ2) is 6.40. The number of halogens is 1. The molecule has 2 fully saturated rings. The summed E-state index contributed by atoms with van der Waals surface area (Å²) in [5.74, 6) is 1.74. The molecule has 4 rings (SSSR count). The molecule has 1 aliphatic heterocycles. The molecule has 0 radical (unpaired) electrons. The zero-order chi connectivity index (χ0) is 15.6. The van der Waals surface area contributed by atoms with E-state index in [4.69, 9.17) is 0 Å². The predicted molar refractivity (Wildman–Crippen MR) is 86.1 cm³/mol. The monoisotopic (exact) mass is 314 g/mol. The minimum Gasteiger partial charge on any atom is -0.316 e. The van der Waals surface area contributed by atoms with Crippen LogP contribution in [0.2, 0.25) is 0 Å². The Labute approximate surface area is 136 Å². The Kier molecular flexibility index (Phi) is 4.12. The molecule has 1 aromatic heterocycles. The largest absolute Gasteiger partial charge is 0.316 e. The molecular formula is C18H23FN4. The van der Waals surface area contributed by atoms with E-state index in [-0.39, 0.29) is 5.82 Å². The summed E-state index contributed by atoms with van der Waals surface area (Å²) in [4.78, 5) is 2.44. The van der Waals surface area contributed by atoms with E-state index in [1.807, 2.05) is 12.4 Å². The van der Waals surface area contributed by atoms with Crippen molar-refractivity contribution in [1.29, 1.82) is 0 Å². The highest BCUT2D eigenvalue weighted by atomic mass is 19.1. The molecule has 23 heavy (non-hydrogen) atoms. The summed E-state index contributed by atoms with van der Waals surface area (Å²) < 4.78 is 15.7. The van der Waals surface area contributed by atoms with Gasteiger partial charge < -0.3 is 4.57 Å². The smallest absolute Gasteiger partial charge is 0.150 e. The zero-order valence-electron chi connectivity index (χ0n) is 13.4. The number of piperidine rings is 1. The SMILES string of the molecule is Fc1cccc(CN2CCCC[C@H]2c2nncn2CC2CC2)c1. The van der Waals surface area contributed by atoms with Crippen molar-refractivity contribution in [3.8, 4) is 0 Å². The van der Waals surface area contributed by atoms with E-state index in [1.54, 1.807) is 12.1 Å². The van der Waals surface area contributed by atoms with Gasteiger partial charge in [-0.15, -0.1) is 10.2 Å². The van der Waals surface area contributed by atoms with Crippen molar-refractivity contribution in [2.24, 2.45) is 5.92 Å². The quantitative estimate of drug-likeness (QED) is 0.846. The minimum absolute atomic E-state index is 0.159. The molecular weight excluding hydrogens is 291 g/mol. The fraction of sp³-hybridized carbons (Fsp3) is 0.556. The third kappa shape index (κ3) is 3.44. The second-order valence-corrected chi connectivity index (χ2v) is 6.90. The number of likely N-dealkylation sites (tertiary alicyclic amines) is 1. The molecule has 2 aliphatic rings. The lowest BCUT2D eigenvalue weighted by molar-refractivity contribution is 0.130. The summed E-state index contributed by atoms with van der Waals surface area (Å²) in [6.07, 6.45) is 8.06. The topological polar surface area (TPSA) is 34.0 Å². The summed E-state index contributed by atoms with van der Waals surface area (Å²) >= 11 is 0. The fourth-order valence-electron chi connectivity index (χ4n) is 3.58. The number of aromatic nitrogens is 3. The number of rotatable bonds is 5. The summed E-state index contributed by atoms with van der Waals surface area (Å²) in [6, 6.07) is 7.24. The van der Waals surface area contributed by atoms with Crippen LogP contribution in [0, 0.1) is 11.7 Å². The van der Waals surface area contributed by atoms with Crippen LogP contribution in [0.1, 0.15) is 49.5 Å². The van der Waals surface area contributed by atoms with Gasteiger partial charge in [-0.1, -0.05) is 18.6 Å². The Hall–Kier alpha value is -1.75. The van der Waals surface area contributed by atoms with Gasteiger partial charge in [0.2, 0.25) is 0 Å².